The molecule has 0 fully saturated rings. The second-order valence-corrected chi connectivity index (χ2v) is 7.41. The zero-order valence-electron chi connectivity index (χ0n) is 16.0. The minimum Gasteiger partial charge on any atom is -0.326 e. The minimum absolute atomic E-state index is 0.0656. The largest absolute Gasteiger partial charge is 0.326 e. The number of aromatic amines is 1. The SMILES string of the molecule is Cc1cccc(NC(=O)[C@@H]2CC(=O)Nc3nc(Nc4ccc(Cl)cc4)[nH]c(=O)c32)c1. The van der Waals surface area contributed by atoms with E-state index in [0.29, 0.717) is 16.4 Å². The lowest BCUT2D eigenvalue weighted by Gasteiger charge is -2.23. The molecule has 2 aromatic carbocycles. The number of fused-ring (bicyclic) bond motifs is 1. The monoisotopic (exact) mass is 423 g/mol. The number of nitrogens with zero attached hydrogens (tertiary/aromatic N) is 1. The van der Waals surface area contributed by atoms with Gasteiger partial charge in [-0.05, 0) is 48.9 Å². The molecule has 1 aliphatic heterocycles. The van der Waals surface area contributed by atoms with Gasteiger partial charge < -0.3 is 16.0 Å². The van der Waals surface area contributed by atoms with Crippen molar-refractivity contribution in [3.63, 3.8) is 0 Å². The van der Waals surface area contributed by atoms with Gasteiger partial charge in [0.25, 0.3) is 5.56 Å². The zero-order valence-corrected chi connectivity index (χ0v) is 16.7. The fourth-order valence-electron chi connectivity index (χ4n) is 3.28. The van der Waals surface area contributed by atoms with Gasteiger partial charge >= 0.3 is 0 Å². The van der Waals surface area contributed by atoms with Crippen LogP contribution in [0.25, 0.3) is 0 Å². The van der Waals surface area contributed by atoms with Crippen molar-refractivity contribution in [2.24, 2.45) is 0 Å². The Bertz CT molecular complexity index is 1190. The van der Waals surface area contributed by atoms with Crippen LogP contribution in [0.15, 0.2) is 53.3 Å². The first-order valence-electron chi connectivity index (χ1n) is 9.23. The highest BCUT2D eigenvalue weighted by Gasteiger charge is 2.34. The van der Waals surface area contributed by atoms with Crippen LogP contribution >= 0.6 is 11.6 Å². The smallest absolute Gasteiger partial charge is 0.258 e. The van der Waals surface area contributed by atoms with Crippen LogP contribution in [0.3, 0.4) is 0 Å². The Labute approximate surface area is 176 Å². The van der Waals surface area contributed by atoms with Gasteiger partial charge in [0.1, 0.15) is 5.82 Å². The first-order chi connectivity index (χ1) is 14.4. The summed E-state index contributed by atoms with van der Waals surface area (Å²) in [6.07, 6.45) is -0.140. The van der Waals surface area contributed by atoms with E-state index in [1.165, 1.54) is 0 Å². The molecule has 0 radical (unpaired) electrons. The Morgan fingerprint density at radius 3 is 2.63 bits per heavy atom. The zero-order chi connectivity index (χ0) is 21.3. The quantitative estimate of drug-likeness (QED) is 0.512. The lowest BCUT2D eigenvalue weighted by Crippen LogP contribution is -2.36. The van der Waals surface area contributed by atoms with Crippen LogP contribution in [0.1, 0.15) is 23.5 Å². The molecule has 2 heterocycles. The summed E-state index contributed by atoms with van der Waals surface area (Å²) in [5, 5.41) is 8.88. The van der Waals surface area contributed by atoms with Crippen molar-refractivity contribution in [2.75, 3.05) is 16.0 Å². The number of carbonyl (C=O) groups is 2. The van der Waals surface area contributed by atoms with Crippen LogP contribution in [0, 0.1) is 6.92 Å². The average molecular weight is 424 g/mol. The molecular weight excluding hydrogens is 406 g/mol. The molecule has 30 heavy (non-hydrogen) atoms. The van der Waals surface area contributed by atoms with Gasteiger partial charge in [-0.25, -0.2) is 0 Å². The third-order valence-electron chi connectivity index (χ3n) is 4.66. The van der Waals surface area contributed by atoms with E-state index < -0.39 is 17.4 Å². The molecule has 1 aromatic heterocycles. The molecule has 0 unspecified atom stereocenters. The summed E-state index contributed by atoms with van der Waals surface area (Å²) >= 11 is 5.88. The van der Waals surface area contributed by atoms with Crippen molar-refractivity contribution in [3.8, 4) is 0 Å². The molecule has 0 aliphatic carbocycles. The van der Waals surface area contributed by atoms with E-state index in [2.05, 4.69) is 25.9 Å². The van der Waals surface area contributed by atoms with Crippen LogP contribution in [-0.2, 0) is 9.59 Å². The molecule has 0 saturated carbocycles. The van der Waals surface area contributed by atoms with E-state index >= 15 is 0 Å². The van der Waals surface area contributed by atoms with E-state index in [-0.39, 0.29) is 29.7 Å². The van der Waals surface area contributed by atoms with Gasteiger partial charge in [0.05, 0.1) is 11.5 Å². The molecule has 8 nitrogen and oxygen atoms in total. The Balaban J connectivity index is 1.63. The third-order valence-corrected chi connectivity index (χ3v) is 4.91. The average Bonchev–Trinajstić information content (AvgIpc) is 2.69. The Kier molecular flexibility index (Phi) is 5.24. The second kappa shape index (κ2) is 8.00. The highest BCUT2D eigenvalue weighted by Crippen LogP contribution is 2.30. The Morgan fingerprint density at radius 1 is 1.13 bits per heavy atom. The number of H-pyrrole nitrogens is 1. The number of benzene rings is 2. The van der Waals surface area contributed by atoms with Crippen LogP contribution in [-0.4, -0.2) is 21.8 Å². The molecule has 3 aromatic rings. The normalized spacial score (nSPS) is 15.1. The number of halogens is 1. The van der Waals surface area contributed by atoms with E-state index in [0.717, 1.165) is 5.56 Å². The molecule has 152 valence electrons. The van der Waals surface area contributed by atoms with Gasteiger partial charge in [0.2, 0.25) is 17.8 Å². The molecule has 0 bridgehead atoms. The maximum absolute atomic E-state index is 12.8. The maximum Gasteiger partial charge on any atom is 0.258 e. The van der Waals surface area contributed by atoms with Crippen molar-refractivity contribution >= 4 is 46.6 Å². The third kappa shape index (κ3) is 4.18. The molecule has 9 heteroatoms. The van der Waals surface area contributed by atoms with Crippen molar-refractivity contribution in [1.82, 2.24) is 9.97 Å². The van der Waals surface area contributed by atoms with Crippen molar-refractivity contribution in [1.29, 1.82) is 0 Å². The first kappa shape index (κ1) is 19.7. The highest BCUT2D eigenvalue weighted by atomic mass is 35.5. The minimum atomic E-state index is -0.949. The maximum atomic E-state index is 12.8. The topological polar surface area (TPSA) is 116 Å². The summed E-state index contributed by atoms with van der Waals surface area (Å²) in [7, 11) is 0. The summed E-state index contributed by atoms with van der Waals surface area (Å²) in [6, 6.07) is 14.1. The molecular formula is C21H18ClN5O3. The Hall–Kier alpha value is -3.65. The highest BCUT2D eigenvalue weighted by molar-refractivity contribution is 6.30. The van der Waals surface area contributed by atoms with Crippen molar-refractivity contribution in [2.45, 2.75) is 19.3 Å². The van der Waals surface area contributed by atoms with E-state index in [1.54, 1.807) is 30.3 Å². The van der Waals surface area contributed by atoms with Gasteiger partial charge in [0, 0.05) is 22.8 Å². The second-order valence-electron chi connectivity index (χ2n) is 6.97. The van der Waals surface area contributed by atoms with Gasteiger partial charge in [-0.3, -0.25) is 19.4 Å². The molecule has 1 aliphatic rings. The van der Waals surface area contributed by atoms with E-state index in [4.69, 9.17) is 11.6 Å². The first-order valence-corrected chi connectivity index (χ1v) is 9.61. The van der Waals surface area contributed by atoms with Gasteiger partial charge in [-0.2, -0.15) is 4.98 Å². The summed E-state index contributed by atoms with van der Waals surface area (Å²) in [5.41, 5.74) is 1.85. The molecule has 1 atom stereocenters. The van der Waals surface area contributed by atoms with Crippen molar-refractivity contribution < 1.29 is 9.59 Å². The van der Waals surface area contributed by atoms with Crippen LogP contribution in [0.5, 0.6) is 0 Å². The predicted molar refractivity (Wildman–Crippen MR) is 115 cm³/mol. The fraction of sp³-hybridized carbons (Fsp3) is 0.143. The van der Waals surface area contributed by atoms with Crippen molar-refractivity contribution in [3.05, 3.63) is 75.0 Å². The number of hydrogen-bond donors (Lipinski definition) is 4. The summed E-state index contributed by atoms with van der Waals surface area (Å²) in [5.74, 6) is -1.57. The van der Waals surface area contributed by atoms with Crippen LogP contribution < -0.4 is 21.5 Å². The number of nitrogens with one attached hydrogen (secondary N) is 4. The van der Waals surface area contributed by atoms with Gasteiger partial charge in [-0.1, -0.05) is 23.7 Å². The van der Waals surface area contributed by atoms with Gasteiger partial charge in [0.15, 0.2) is 0 Å². The van der Waals surface area contributed by atoms with E-state index in [1.807, 2.05) is 25.1 Å². The van der Waals surface area contributed by atoms with Crippen LogP contribution in [0.4, 0.5) is 23.1 Å². The number of anilines is 4. The lowest BCUT2D eigenvalue weighted by molar-refractivity contribution is -0.123. The number of hydrogen-bond acceptors (Lipinski definition) is 5. The molecule has 4 N–H and O–H groups in total. The number of aromatic nitrogens is 2. The number of amides is 2. The summed E-state index contributed by atoms with van der Waals surface area (Å²) < 4.78 is 0. The number of aryl methyl sites for hydroxylation is 1. The Morgan fingerprint density at radius 2 is 1.90 bits per heavy atom. The van der Waals surface area contributed by atoms with Crippen LogP contribution in [0.2, 0.25) is 5.02 Å². The standard InChI is InChI=1S/C21H18ClN5O3/c1-11-3-2-4-14(9-11)23-19(29)15-10-16(28)25-18-17(15)20(30)27-21(26-18)24-13-7-5-12(22)6-8-13/h2-9,15H,10H2,1H3,(H,23,29)(H3,24,25,26,27,28,30)/t15-/m1/s1. The lowest BCUT2D eigenvalue weighted by atomic mass is 9.92. The predicted octanol–water partition coefficient (Wildman–Crippen LogP) is 3.54. The molecule has 0 saturated heterocycles. The summed E-state index contributed by atoms with van der Waals surface area (Å²) in [6.45, 7) is 1.91. The van der Waals surface area contributed by atoms with E-state index in [9.17, 15) is 14.4 Å². The summed E-state index contributed by atoms with van der Waals surface area (Å²) in [4.78, 5) is 44.7. The number of carbonyl (C=O) groups excluding carboxylic acids is 2. The molecule has 0 spiro atoms. The molecule has 4 rings (SSSR count). The molecule has 2 amide bonds. The van der Waals surface area contributed by atoms with Gasteiger partial charge in [-0.15, -0.1) is 0 Å². The number of rotatable bonds is 4. The fourth-order valence-corrected chi connectivity index (χ4v) is 3.40.